The zero-order chi connectivity index (χ0) is 7.33. The first-order chi connectivity index (χ1) is 4.18. The molecule has 0 heterocycles. The van der Waals surface area contributed by atoms with Gasteiger partial charge in [-0.2, -0.15) is 0 Å². The minimum absolute atomic E-state index is 0.261. The van der Waals surface area contributed by atoms with Crippen molar-refractivity contribution in [2.75, 3.05) is 11.8 Å². The predicted octanol–water partition coefficient (Wildman–Crippen LogP) is 3.24. The second-order valence-electron chi connectivity index (χ2n) is 2.08. The van der Waals surface area contributed by atoms with Gasteiger partial charge in [0.1, 0.15) is 0 Å². The second-order valence-corrected chi connectivity index (χ2v) is 3.52. The Morgan fingerprint density at radius 1 is 1.33 bits per heavy atom. The Bertz CT molecular complexity index is 68.7. The fourth-order valence-corrected chi connectivity index (χ4v) is 1.38. The highest BCUT2D eigenvalue weighted by Crippen LogP contribution is 2.25. The van der Waals surface area contributed by atoms with Gasteiger partial charge < -0.3 is 0 Å². The Hall–Kier alpha value is 0.870. The zero-order valence-electron chi connectivity index (χ0n) is 5.46. The molecular formula is C6H11Cl3. The van der Waals surface area contributed by atoms with E-state index in [1.165, 1.54) is 0 Å². The van der Waals surface area contributed by atoms with Crippen molar-refractivity contribution < 1.29 is 0 Å². The van der Waals surface area contributed by atoms with E-state index in [1.807, 2.05) is 6.92 Å². The number of alkyl halides is 3. The molecule has 0 aliphatic carbocycles. The lowest BCUT2D eigenvalue weighted by Gasteiger charge is -2.20. The highest BCUT2D eigenvalue weighted by Gasteiger charge is 2.22. The van der Waals surface area contributed by atoms with E-state index in [0.717, 1.165) is 12.8 Å². The Labute approximate surface area is 71.5 Å². The van der Waals surface area contributed by atoms with E-state index >= 15 is 0 Å². The van der Waals surface area contributed by atoms with Crippen LogP contribution in [0.4, 0.5) is 0 Å². The first kappa shape index (κ1) is 9.87. The molecule has 0 radical (unpaired) electrons. The molecule has 1 atom stereocenters. The molecule has 0 N–H and O–H groups in total. The van der Waals surface area contributed by atoms with Gasteiger partial charge in [0.15, 0.2) is 0 Å². The molecule has 0 amide bonds. The van der Waals surface area contributed by atoms with Crippen molar-refractivity contribution in [3.8, 4) is 0 Å². The smallest absolute Gasteiger partial charge is 0.0590 e. The first-order valence-electron chi connectivity index (χ1n) is 2.99. The van der Waals surface area contributed by atoms with Gasteiger partial charge in [0, 0.05) is 11.8 Å². The average molecular weight is 190 g/mol. The first-order valence-corrected chi connectivity index (χ1v) is 4.44. The summed E-state index contributed by atoms with van der Waals surface area (Å²) in [5, 5.41) is 0. The van der Waals surface area contributed by atoms with Gasteiger partial charge in [-0.15, -0.1) is 34.8 Å². The maximum Gasteiger partial charge on any atom is 0.0590 e. The maximum atomic E-state index is 5.99. The minimum atomic E-state index is -0.261. The summed E-state index contributed by atoms with van der Waals surface area (Å²) >= 11 is 17.1. The lowest BCUT2D eigenvalue weighted by molar-refractivity contribution is 0.596. The molecule has 0 bridgehead atoms. The van der Waals surface area contributed by atoms with Crippen LogP contribution in [0.25, 0.3) is 0 Å². The van der Waals surface area contributed by atoms with E-state index in [0.29, 0.717) is 11.8 Å². The fourth-order valence-electron chi connectivity index (χ4n) is 0.507. The van der Waals surface area contributed by atoms with Crippen LogP contribution >= 0.6 is 34.8 Å². The summed E-state index contributed by atoms with van der Waals surface area (Å²) in [5.74, 6) is 1.07. The Morgan fingerprint density at radius 3 is 2.00 bits per heavy atom. The Kier molecular flexibility index (Phi) is 5.10. The van der Waals surface area contributed by atoms with Gasteiger partial charge in [0.05, 0.1) is 4.87 Å². The fraction of sp³-hybridized carbons (Fsp3) is 1.00. The summed E-state index contributed by atoms with van der Waals surface area (Å²) < 4.78 is 0. The topological polar surface area (TPSA) is 0 Å². The number of rotatable bonds is 4. The van der Waals surface area contributed by atoms with Gasteiger partial charge >= 0.3 is 0 Å². The third kappa shape index (κ3) is 3.54. The van der Waals surface area contributed by atoms with Gasteiger partial charge in [0.25, 0.3) is 0 Å². The quantitative estimate of drug-likeness (QED) is 0.596. The lowest BCUT2D eigenvalue weighted by atomic mass is 10.1. The van der Waals surface area contributed by atoms with E-state index in [1.54, 1.807) is 0 Å². The summed E-state index contributed by atoms with van der Waals surface area (Å²) in [5.41, 5.74) is 0. The van der Waals surface area contributed by atoms with Crippen molar-refractivity contribution in [3.63, 3.8) is 0 Å². The highest BCUT2D eigenvalue weighted by atomic mass is 35.5. The van der Waals surface area contributed by atoms with Crippen LogP contribution in [0.1, 0.15) is 19.8 Å². The SMILES string of the molecule is CCC(Cl)(CCl)CCCl. The van der Waals surface area contributed by atoms with Gasteiger partial charge in [-0.3, -0.25) is 0 Å². The van der Waals surface area contributed by atoms with Gasteiger partial charge in [-0.05, 0) is 12.8 Å². The van der Waals surface area contributed by atoms with Gasteiger partial charge in [0.2, 0.25) is 0 Å². The minimum Gasteiger partial charge on any atom is -0.127 e. The van der Waals surface area contributed by atoms with Crippen LogP contribution in [0.15, 0.2) is 0 Å². The number of halogens is 3. The molecule has 0 aromatic carbocycles. The molecule has 0 nitrogen and oxygen atoms in total. The van der Waals surface area contributed by atoms with Gasteiger partial charge in [-0.1, -0.05) is 6.92 Å². The van der Waals surface area contributed by atoms with Crippen LogP contribution in [0.5, 0.6) is 0 Å². The van der Waals surface area contributed by atoms with Crippen molar-refractivity contribution in [2.24, 2.45) is 0 Å². The normalized spacial score (nSPS) is 17.3. The summed E-state index contributed by atoms with van der Waals surface area (Å²) in [6.07, 6.45) is 1.67. The largest absolute Gasteiger partial charge is 0.127 e. The third-order valence-corrected chi connectivity index (χ3v) is 2.84. The van der Waals surface area contributed by atoms with Crippen LogP contribution in [-0.2, 0) is 0 Å². The number of hydrogen-bond donors (Lipinski definition) is 0. The molecular weight excluding hydrogens is 178 g/mol. The summed E-state index contributed by atoms with van der Waals surface area (Å²) in [6, 6.07) is 0. The highest BCUT2D eigenvalue weighted by molar-refractivity contribution is 6.31. The molecule has 9 heavy (non-hydrogen) atoms. The maximum absolute atomic E-state index is 5.99. The third-order valence-electron chi connectivity index (χ3n) is 1.42. The Morgan fingerprint density at radius 2 is 1.89 bits per heavy atom. The molecule has 1 unspecified atom stereocenters. The molecule has 0 spiro atoms. The van der Waals surface area contributed by atoms with Crippen LogP contribution < -0.4 is 0 Å². The summed E-state index contributed by atoms with van der Waals surface area (Å²) in [4.78, 5) is -0.261. The van der Waals surface area contributed by atoms with Crippen LogP contribution in [0.2, 0.25) is 0 Å². The molecule has 0 rings (SSSR count). The van der Waals surface area contributed by atoms with Crippen molar-refractivity contribution in [1.29, 1.82) is 0 Å². The lowest BCUT2D eigenvalue weighted by Crippen LogP contribution is -2.22. The predicted molar refractivity (Wildman–Crippen MR) is 44.9 cm³/mol. The average Bonchev–Trinajstić information content (AvgIpc) is 1.89. The van der Waals surface area contributed by atoms with Crippen LogP contribution in [-0.4, -0.2) is 16.6 Å². The van der Waals surface area contributed by atoms with Crippen molar-refractivity contribution in [2.45, 2.75) is 24.6 Å². The van der Waals surface area contributed by atoms with Crippen molar-refractivity contribution in [3.05, 3.63) is 0 Å². The zero-order valence-corrected chi connectivity index (χ0v) is 7.73. The monoisotopic (exact) mass is 188 g/mol. The molecule has 0 aromatic rings. The van der Waals surface area contributed by atoms with E-state index in [9.17, 15) is 0 Å². The molecule has 0 saturated heterocycles. The standard InChI is InChI=1S/C6H11Cl3/c1-2-6(9,5-8)3-4-7/h2-5H2,1H3. The molecule has 56 valence electrons. The Balaban J connectivity index is 3.62. The molecule has 0 saturated carbocycles. The molecule has 0 aliphatic heterocycles. The molecule has 0 aliphatic rings. The summed E-state index contributed by atoms with van der Waals surface area (Å²) in [7, 11) is 0. The van der Waals surface area contributed by atoms with E-state index in [-0.39, 0.29) is 4.87 Å². The number of hydrogen-bond acceptors (Lipinski definition) is 0. The van der Waals surface area contributed by atoms with Crippen LogP contribution in [0.3, 0.4) is 0 Å². The van der Waals surface area contributed by atoms with Crippen molar-refractivity contribution in [1.82, 2.24) is 0 Å². The van der Waals surface area contributed by atoms with Crippen LogP contribution in [0, 0.1) is 0 Å². The van der Waals surface area contributed by atoms with Gasteiger partial charge in [-0.25, -0.2) is 0 Å². The second kappa shape index (κ2) is 4.65. The van der Waals surface area contributed by atoms with E-state index < -0.39 is 0 Å². The summed E-state index contributed by atoms with van der Waals surface area (Å²) in [6.45, 7) is 2.02. The van der Waals surface area contributed by atoms with E-state index in [4.69, 9.17) is 34.8 Å². The molecule has 0 fully saturated rings. The van der Waals surface area contributed by atoms with E-state index in [2.05, 4.69) is 0 Å². The molecule has 0 aromatic heterocycles. The van der Waals surface area contributed by atoms with Crippen molar-refractivity contribution >= 4 is 34.8 Å². The molecule has 3 heteroatoms.